The summed E-state index contributed by atoms with van der Waals surface area (Å²) < 4.78 is 42.4. The van der Waals surface area contributed by atoms with E-state index in [9.17, 15) is 19.1 Å². The Hall–Kier alpha value is -4.11. The van der Waals surface area contributed by atoms with Gasteiger partial charge in [0.05, 0.1) is 23.3 Å². The standard InChI is InChI=1S/C28H20F2N2O5/c1-3-28(35)16-9-17-23-15(10-32(17)27(34)14(16)8-18(28)33)19(13-6-4-12(2)5-7-13)20-24(31-23)26-22(30)21(29)25(20)36-11-37-26/h4-7,9,35H,3,8,10-11H2,1-2H3. The van der Waals surface area contributed by atoms with Crippen molar-refractivity contribution in [1.82, 2.24) is 9.55 Å². The molecular weight excluding hydrogens is 482 g/mol. The number of rotatable bonds is 2. The zero-order valence-electron chi connectivity index (χ0n) is 19.9. The predicted molar refractivity (Wildman–Crippen MR) is 130 cm³/mol. The summed E-state index contributed by atoms with van der Waals surface area (Å²) in [6.07, 6.45) is -0.0285. The maximum atomic E-state index is 15.1. The number of ether oxygens (including phenoxy) is 2. The van der Waals surface area contributed by atoms with Crippen molar-refractivity contribution in [3.63, 3.8) is 0 Å². The molecule has 0 saturated carbocycles. The largest absolute Gasteiger partial charge is 0.454 e. The van der Waals surface area contributed by atoms with Gasteiger partial charge in [0.25, 0.3) is 5.56 Å². The summed E-state index contributed by atoms with van der Waals surface area (Å²) in [7, 11) is 0. The van der Waals surface area contributed by atoms with Crippen molar-refractivity contribution in [2.24, 2.45) is 0 Å². The van der Waals surface area contributed by atoms with Gasteiger partial charge in [0.1, 0.15) is 11.1 Å². The lowest BCUT2D eigenvalue weighted by molar-refractivity contribution is -0.136. The minimum Gasteiger partial charge on any atom is -0.454 e. The molecule has 9 heteroatoms. The van der Waals surface area contributed by atoms with E-state index in [1.165, 1.54) is 4.57 Å². The molecule has 1 atom stereocenters. The minimum atomic E-state index is -1.75. The molecule has 0 fully saturated rings. The van der Waals surface area contributed by atoms with Crippen molar-refractivity contribution < 1.29 is 28.2 Å². The molecule has 186 valence electrons. The van der Waals surface area contributed by atoms with Crippen LogP contribution < -0.4 is 15.0 Å². The summed E-state index contributed by atoms with van der Waals surface area (Å²) in [5, 5.41) is 11.4. The molecule has 4 aliphatic rings. The van der Waals surface area contributed by atoms with E-state index in [1.54, 1.807) is 13.0 Å². The highest BCUT2D eigenvalue weighted by Gasteiger charge is 2.46. The highest BCUT2D eigenvalue weighted by atomic mass is 19.2. The number of benzene rings is 2. The van der Waals surface area contributed by atoms with E-state index >= 15 is 4.39 Å². The van der Waals surface area contributed by atoms with E-state index in [-0.39, 0.29) is 65.3 Å². The summed E-state index contributed by atoms with van der Waals surface area (Å²) >= 11 is 0. The molecule has 0 spiro atoms. The first-order valence-electron chi connectivity index (χ1n) is 12.0. The second-order valence-corrected chi connectivity index (χ2v) is 9.72. The van der Waals surface area contributed by atoms with Gasteiger partial charge in [-0.2, -0.15) is 8.78 Å². The van der Waals surface area contributed by atoms with Gasteiger partial charge in [-0.05, 0) is 25.0 Å². The van der Waals surface area contributed by atoms with Crippen LogP contribution >= 0.6 is 0 Å². The number of carbonyl (C=O) groups excluding carboxylic acids is 1. The molecule has 2 aromatic carbocycles. The fourth-order valence-electron chi connectivity index (χ4n) is 5.83. The first-order valence-corrected chi connectivity index (χ1v) is 12.0. The van der Waals surface area contributed by atoms with Crippen molar-refractivity contribution in [3.8, 4) is 34.0 Å². The first kappa shape index (κ1) is 22.1. The lowest BCUT2D eigenvalue weighted by atomic mass is 9.91. The average molecular weight is 502 g/mol. The smallest absolute Gasteiger partial charge is 0.255 e. The van der Waals surface area contributed by atoms with Crippen molar-refractivity contribution in [2.45, 2.75) is 38.8 Å². The van der Waals surface area contributed by atoms with E-state index in [4.69, 9.17) is 14.5 Å². The number of hydrogen-bond acceptors (Lipinski definition) is 6. The molecule has 0 amide bonds. The summed E-state index contributed by atoms with van der Waals surface area (Å²) in [5.74, 6) is -3.44. The molecular formula is C28H20F2N2O5. The van der Waals surface area contributed by atoms with Gasteiger partial charge in [-0.15, -0.1) is 0 Å². The third-order valence-electron chi connectivity index (χ3n) is 7.79. The number of halogens is 2. The number of aliphatic hydroxyl groups is 1. The molecule has 4 aromatic rings. The van der Waals surface area contributed by atoms with Gasteiger partial charge in [-0.1, -0.05) is 36.8 Å². The molecule has 5 heterocycles. The summed E-state index contributed by atoms with van der Waals surface area (Å²) in [5.41, 5.74) is 2.17. The lowest BCUT2D eigenvalue weighted by Gasteiger charge is -2.20. The highest BCUT2D eigenvalue weighted by molar-refractivity contribution is 6.06. The second kappa shape index (κ2) is 7.23. The van der Waals surface area contributed by atoms with E-state index in [1.807, 2.05) is 31.2 Å². The fraction of sp³-hybridized carbons (Fsp3) is 0.250. The van der Waals surface area contributed by atoms with Crippen molar-refractivity contribution in [1.29, 1.82) is 0 Å². The normalized spacial score (nSPS) is 18.9. The maximum absolute atomic E-state index is 15.1. The number of aromatic nitrogens is 2. The molecule has 2 aromatic heterocycles. The molecule has 7 nitrogen and oxygen atoms in total. The Bertz CT molecular complexity index is 1780. The predicted octanol–water partition coefficient (Wildman–Crippen LogP) is 4.13. The monoisotopic (exact) mass is 502 g/mol. The molecule has 3 aliphatic heterocycles. The zero-order valence-corrected chi connectivity index (χ0v) is 19.9. The lowest BCUT2D eigenvalue weighted by Crippen LogP contribution is -2.31. The summed E-state index contributed by atoms with van der Waals surface area (Å²) in [4.78, 5) is 30.9. The molecule has 8 rings (SSSR count). The zero-order chi connectivity index (χ0) is 25.8. The van der Waals surface area contributed by atoms with Crippen LogP contribution in [0, 0.1) is 18.6 Å². The van der Waals surface area contributed by atoms with Gasteiger partial charge in [-0.3, -0.25) is 9.59 Å². The van der Waals surface area contributed by atoms with Gasteiger partial charge in [0, 0.05) is 28.7 Å². The van der Waals surface area contributed by atoms with Crippen LogP contribution in [0.5, 0.6) is 11.5 Å². The van der Waals surface area contributed by atoms with Gasteiger partial charge in [0.15, 0.2) is 17.3 Å². The van der Waals surface area contributed by atoms with Gasteiger partial charge < -0.3 is 19.1 Å². The third kappa shape index (κ3) is 2.69. The number of nitrogens with zero attached hydrogens (tertiary/aromatic N) is 2. The topological polar surface area (TPSA) is 90.7 Å². The minimum absolute atomic E-state index is 0.0731. The maximum Gasteiger partial charge on any atom is 0.255 e. The van der Waals surface area contributed by atoms with Crippen LogP contribution in [-0.4, -0.2) is 27.2 Å². The highest BCUT2D eigenvalue weighted by Crippen LogP contribution is 2.50. The fourth-order valence-corrected chi connectivity index (χ4v) is 5.83. The van der Waals surface area contributed by atoms with Crippen LogP contribution in [0.4, 0.5) is 8.78 Å². The number of carbonyl (C=O) groups is 1. The average Bonchev–Trinajstić information content (AvgIpc) is 3.24. The number of fused-ring (bicyclic) bond motifs is 7. The Kier molecular flexibility index (Phi) is 4.32. The van der Waals surface area contributed by atoms with Crippen LogP contribution in [0.3, 0.4) is 0 Å². The number of Topliss-reactive ketones (excluding diaryl/α,β-unsaturated/α-hetero) is 1. The molecule has 0 saturated heterocycles. The third-order valence-corrected chi connectivity index (χ3v) is 7.79. The van der Waals surface area contributed by atoms with Crippen LogP contribution in [-0.2, 0) is 23.4 Å². The van der Waals surface area contributed by atoms with Crippen molar-refractivity contribution in [2.75, 3.05) is 6.79 Å². The molecule has 2 bridgehead atoms. The Morgan fingerprint density at radius 3 is 2.51 bits per heavy atom. The number of ketones is 1. The second-order valence-electron chi connectivity index (χ2n) is 9.72. The van der Waals surface area contributed by atoms with Crippen LogP contribution in [0.25, 0.3) is 33.4 Å². The first-order chi connectivity index (χ1) is 17.7. The van der Waals surface area contributed by atoms with Crippen molar-refractivity contribution in [3.05, 3.63) is 74.6 Å². The van der Waals surface area contributed by atoms with Gasteiger partial charge in [-0.25, -0.2) is 4.98 Å². The molecule has 1 aliphatic carbocycles. The molecule has 0 radical (unpaired) electrons. The number of hydrogen-bond donors (Lipinski definition) is 1. The number of aryl methyl sites for hydroxylation is 1. The Morgan fingerprint density at radius 1 is 1.08 bits per heavy atom. The van der Waals surface area contributed by atoms with E-state index in [0.29, 0.717) is 28.1 Å². The number of pyridine rings is 2. The van der Waals surface area contributed by atoms with Gasteiger partial charge >= 0.3 is 0 Å². The van der Waals surface area contributed by atoms with Crippen LogP contribution in [0.1, 0.15) is 35.6 Å². The Labute approximate surface area is 208 Å². The quantitative estimate of drug-likeness (QED) is 0.391. The molecule has 37 heavy (non-hydrogen) atoms. The van der Waals surface area contributed by atoms with Crippen LogP contribution in [0.2, 0.25) is 0 Å². The van der Waals surface area contributed by atoms with E-state index in [2.05, 4.69) is 0 Å². The van der Waals surface area contributed by atoms with E-state index < -0.39 is 23.0 Å². The summed E-state index contributed by atoms with van der Waals surface area (Å²) in [6.45, 7) is 3.35. The Balaban J connectivity index is 1.62. The van der Waals surface area contributed by atoms with Gasteiger partial charge in [0.2, 0.25) is 18.4 Å². The summed E-state index contributed by atoms with van der Waals surface area (Å²) in [6, 6.07) is 9.18. The van der Waals surface area contributed by atoms with E-state index in [0.717, 1.165) is 5.56 Å². The SMILES string of the molecule is CCC1(O)C(=O)Cc2c1cc1n(c2=O)Cc2c-1nc1c3c(F)c(F)c(c1c2-c1ccc(C)cc1)OCO3. The molecule has 1 unspecified atom stereocenters. The van der Waals surface area contributed by atoms with Crippen LogP contribution in [0.15, 0.2) is 35.1 Å². The Morgan fingerprint density at radius 2 is 1.78 bits per heavy atom. The van der Waals surface area contributed by atoms with Crippen molar-refractivity contribution >= 4 is 16.7 Å². The molecule has 1 N–H and O–H groups in total.